The van der Waals surface area contributed by atoms with Crippen molar-refractivity contribution in [3.63, 3.8) is 0 Å². The van der Waals surface area contributed by atoms with E-state index in [9.17, 15) is 4.79 Å². The number of anilines is 1. The van der Waals surface area contributed by atoms with E-state index in [-0.39, 0.29) is 12.6 Å². The van der Waals surface area contributed by atoms with Crippen LogP contribution in [0.3, 0.4) is 0 Å². The highest BCUT2D eigenvalue weighted by Gasteiger charge is 2.20. The molecule has 0 bridgehead atoms. The fourth-order valence-electron chi connectivity index (χ4n) is 2.06. The Balaban J connectivity index is 2.31. The summed E-state index contributed by atoms with van der Waals surface area (Å²) in [7, 11) is 0. The Kier molecular flexibility index (Phi) is 4.68. The van der Waals surface area contributed by atoms with Gasteiger partial charge in [0.1, 0.15) is 6.54 Å². The molecule has 1 aromatic heterocycles. The summed E-state index contributed by atoms with van der Waals surface area (Å²) in [5.41, 5.74) is 3.07. The largest absolute Gasteiger partial charge is 0.480 e. The van der Waals surface area contributed by atoms with Gasteiger partial charge in [-0.2, -0.15) is 0 Å². The molecule has 0 fully saturated rings. The molecule has 1 aromatic carbocycles. The maximum atomic E-state index is 11.1. The van der Waals surface area contributed by atoms with Gasteiger partial charge in [0.25, 0.3) is 0 Å². The minimum atomic E-state index is -0.848. The van der Waals surface area contributed by atoms with Gasteiger partial charge in [0.05, 0.1) is 10.4 Å². The fourth-order valence-corrected chi connectivity index (χ4v) is 3.03. The van der Waals surface area contributed by atoms with Gasteiger partial charge in [-0.3, -0.25) is 4.79 Å². The molecule has 2 rings (SSSR count). The molecular weight excluding hydrogens is 294 g/mol. The Morgan fingerprint density at radius 2 is 2.05 bits per heavy atom. The highest BCUT2D eigenvalue weighted by atomic mass is 35.5. The molecule has 2 aromatic rings. The summed E-state index contributed by atoms with van der Waals surface area (Å²) in [6.45, 7) is 3.95. The van der Waals surface area contributed by atoms with Crippen molar-refractivity contribution in [3.05, 3.63) is 51.2 Å². The lowest BCUT2D eigenvalue weighted by atomic mass is 10.1. The zero-order chi connectivity index (χ0) is 14.7. The van der Waals surface area contributed by atoms with Crippen LogP contribution in [0.4, 0.5) is 5.69 Å². The quantitative estimate of drug-likeness (QED) is 0.892. The Bertz CT molecular complexity index is 594. The molecule has 3 nitrogen and oxygen atoms in total. The van der Waals surface area contributed by atoms with Crippen LogP contribution >= 0.6 is 22.9 Å². The fraction of sp³-hybridized carbons (Fsp3) is 0.267. The summed E-state index contributed by atoms with van der Waals surface area (Å²) >= 11 is 7.42. The average molecular weight is 310 g/mol. The summed E-state index contributed by atoms with van der Waals surface area (Å²) in [5, 5.41) is 11.1. The zero-order valence-electron chi connectivity index (χ0n) is 11.3. The number of carbonyl (C=O) groups is 1. The van der Waals surface area contributed by atoms with Gasteiger partial charge in [0.2, 0.25) is 0 Å². The molecular formula is C15H16ClNO2S. The van der Waals surface area contributed by atoms with Crippen LogP contribution in [-0.2, 0) is 4.79 Å². The molecule has 0 aliphatic rings. The van der Waals surface area contributed by atoms with E-state index in [0.717, 1.165) is 16.8 Å². The predicted molar refractivity (Wildman–Crippen MR) is 83.9 cm³/mol. The number of aryl methyl sites for hydroxylation is 1. The molecule has 5 heteroatoms. The Labute approximate surface area is 127 Å². The van der Waals surface area contributed by atoms with Gasteiger partial charge in [-0.05, 0) is 43.0 Å². The summed E-state index contributed by atoms with van der Waals surface area (Å²) in [6.07, 6.45) is 0. The molecule has 0 amide bonds. The number of halogens is 1. The van der Waals surface area contributed by atoms with E-state index < -0.39 is 5.97 Å². The lowest BCUT2D eigenvalue weighted by molar-refractivity contribution is -0.135. The van der Waals surface area contributed by atoms with Crippen molar-refractivity contribution in [2.24, 2.45) is 0 Å². The number of carboxylic acids is 1. The number of hydrogen-bond donors (Lipinski definition) is 1. The molecule has 1 unspecified atom stereocenters. The first-order chi connectivity index (χ1) is 9.47. The molecule has 1 heterocycles. The number of thiophene rings is 1. The molecule has 0 spiro atoms. The van der Waals surface area contributed by atoms with Crippen LogP contribution in [0.5, 0.6) is 0 Å². The summed E-state index contributed by atoms with van der Waals surface area (Å²) < 4.78 is 0.714. The van der Waals surface area contributed by atoms with Crippen molar-refractivity contribution in [2.45, 2.75) is 19.9 Å². The first-order valence-corrected chi connectivity index (χ1v) is 7.52. The van der Waals surface area contributed by atoms with E-state index in [0.29, 0.717) is 4.34 Å². The van der Waals surface area contributed by atoms with Gasteiger partial charge in [-0.15, -0.1) is 11.3 Å². The predicted octanol–water partition coefficient (Wildman–Crippen LogP) is 4.36. The second-order valence-electron chi connectivity index (χ2n) is 4.72. The number of benzene rings is 1. The van der Waals surface area contributed by atoms with Crippen molar-refractivity contribution >= 4 is 34.6 Å². The first-order valence-electron chi connectivity index (χ1n) is 6.26. The van der Waals surface area contributed by atoms with Crippen molar-refractivity contribution in [3.8, 4) is 0 Å². The van der Waals surface area contributed by atoms with Crippen LogP contribution in [-0.4, -0.2) is 17.6 Å². The Morgan fingerprint density at radius 3 is 2.55 bits per heavy atom. The van der Waals surface area contributed by atoms with E-state index >= 15 is 0 Å². The van der Waals surface area contributed by atoms with Crippen molar-refractivity contribution < 1.29 is 9.90 Å². The normalized spacial score (nSPS) is 12.2. The van der Waals surface area contributed by atoms with Crippen molar-refractivity contribution in [2.75, 3.05) is 11.4 Å². The van der Waals surface area contributed by atoms with Gasteiger partial charge < -0.3 is 10.0 Å². The zero-order valence-corrected chi connectivity index (χ0v) is 12.9. The molecule has 20 heavy (non-hydrogen) atoms. The van der Waals surface area contributed by atoms with Crippen LogP contribution in [0.1, 0.15) is 24.1 Å². The van der Waals surface area contributed by atoms with Gasteiger partial charge in [0.15, 0.2) is 0 Å². The number of nitrogens with zero attached hydrogens (tertiary/aromatic N) is 1. The lowest BCUT2D eigenvalue weighted by Gasteiger charge is -2.29. The summed E-state index contributed by atoms with van der Waals surface area (Å²) in [4.78, 5) is 13.0. The standard InChI is InChI=1S/C15H16ClNO2S/c1-10-3-5-13(6-4-10)17(8-15(18)19)11(2)12-7-14(16)20-9-12/h3-7,9,11H,8H2,1-2H3,(H,18,19). The molecule has 1 atom stereocenters. The van der Waals surface area contributed by atoms with E-state index in [1.165, 1.54) is 11.3 Å². The SMILES string of the molecule is Cc1ccc(N(CC(=O)O)C(C)c2csc(Cl)c2)cc1. The third-order valence-corrected chi connectivity index (χ3v) is 4.32. The number of rotatable bonds is 5. The van der Waals surface area contributed by atoms with E-state index in [4.69, 9.17) is 16.7 Å². The first kappa shape index (κ1) is 14.9. The lowest BCUT2D eigenvalue weighted by Crippen LogP contribution is -2.32. The van der Waals surface area contributed by atoms with E-state index in [1.807, 2.05) is 54.5 Å². The Morgan fingerprint density at radius 1 is 1.40 bits per heavy atom. The van der Waals surface area contributed by atoms with Crippen molar-refractivity contribution in [1.82, 2.24) is 0 Å². The van der Waals surface area contributed by atoms with Crippen LogP contribution < -0.4 is 4.90 Å². The monoisotopic (exact) mass is 309 g/mol. The number of carboxylic acid groups (broad SMARTS) is 1. The molecule has 0 saturated carbocycles. The molecule has 0 aliphatic heterocycles. The van der Waals surface area contributed by atoms with Crippen LogP contribution in [0.15, 0.2) is 35.7 Å². The molecule has 0 aliphatic carbocycles. The van der Waals surface area contributed by atoms with Crippen LogP contribution in [0.25, 0.3) is 0 Å². The highest BCUT2D eigenvalue weighted by molar-refractivity contribution is 7.14. The molecule has 0 radical (unpaired) electrons. The maximum Gasteiger partial charge on any atom is 0.323 e. The second kappa shape index (κ2) is 6.29. The van der Waals surface area contributed by atoms with Gasteiger partial charge in [-0.1, -0.05) is 29.3 Å². The van der Waals surface area contributed by atoms with Crippen LogP contribution in [0.2, 0.25) is 4.34 Å². The number of aliphatic carboxylic acids is 1. The van der Waals surface area contributed by atoms with Crippen LogP contribution in [0, 0.1) is 6.92 Å². The maximum absolute atomic E-state index is 11.1. The van der Waals surface area contributed by atoms with Crippen molar-refractivity contribution in [1.29, 1.82) is 0 Å². The van der Waals surface area contributed by atoms with Gasteiger partial charge >= 0.3 is 5.97 Å². The third-order valence-electron chi connectivity index (χ3n) is 3.21. The van der Waals surface area contributed by atoms with E-state index in [2.05, 4.69) is 0 Å². The van der Waals surface area contributed by atoms with Gasteiger partial charge in [0, 0.05) is 5.69 Å². The molecule has 0 saturated heterocycles. The summed E-state index contributed by atoms with van der Waals surface area (Å²) in [5.74, 6) is -0.848. The van der Waals surface area contributed by atoms with Gasteiger partial charge in [-0.25, -0.2) is 0 Å². The molecule has 106 valence electrons. The highest BCUT2D eigenvalue weighted by Crippen LogP contribution is 2.31. The van der Waals surface area contributed by atoms with E-state index in [1.54, 1.807) is 0 Å². The third kappa shape index (κ3) is 3.52. The average Bonchev–Trinajstić information content (AvgIpc) is 2.83. The number of hydrogen-bond acceptors (Lipinski definition) is 3. The second-order valence-corrected chi connectivity index (χ2v) is 6.26. The smallest absolute Gasteiger partial charge is 0.323 e. The summed E-state index contributed by atoms with van der Waals surface area (Å²) in [6, 6.07) is 9.71. The minimum absolute atomic E-state index is 0.0439. The molecule has 1 N–H and O–H groups in total. The Hall–Kier alpha value is -1.52. The topological polar surface area (TPSA) is 40.5 Å². The minimum Gasteiger partial charge on any atom is -0.480 e.